The Hall–Kier alpha value is 0.655. The third kappa shape index (κ3) is 5.52. The molecule has 0 saturated carbocycles. The summed E-state index contributed by atoms with van der Waals surface area (Å²) in [6, 6.07) is 1.31. The third-order valence-electron chi connectivity index (χ3n) is 1.93. The molecule has 0 amide bonds. The van der Waals surface area contributed by atoms with Crippen LogP contribution in [0, 0.1) is 0 Å². The van der Waals surface area contributed by atoms with Crippen LogP contribution in [0.15, 0.2) is 0 Å². The van der Waals surface area contributed by atoms with Crippen molar-refractivity contribution in [2.45, 2.75) is 38.4 Å². The Kier molecular flexibility index (Phi) is 9.34. The first kappa shape index (κ1) is 14.7. The fraction of sp³-hybridized carbons (Fsp3) is 1.00. The molecule has 0 bridgehead atoms. The van der Waals surface area contributed by atoms with Crippen LogP contribution in [-0.4, -0.2) is 44.6 Å². The van der Waals surface area contributed by atoms with Crippen LogP contribution in [0.4, 0.5) is 0 Å². The summed E-state index contributed by atoms with van der Waals surface area (Å²) < 4.78 is 17.3. The Morgan fingerprint density at radius 3 is 1.64 bits per heavy atom. The molecule has 0 heterocycles. The van der Waals surface area contributed by atoms with Gasteiger partial charge in [-0.1, -0.05) is 0 Å². The summed E-state index contributed by atoms with van der Waals surface area (Å²) in [5, 5.41) is 1.03. The molecule has 0 spiro atoms. The predicted octanol–water partition coefficient (Wildman–Crippen LogP) is 0.941. The van der Waals surface area contributed by atoms with Gasteiger partial charge in [0.15, 0.2) is 0 Å². The van der Waals surface area contributed by atoms with E-state index in [9.17, 15) is 0 Å². The van der Waals surface area contributed by atoms with Crippen LogP contribution in [0.25, 0.3) is 0 Å². The van der Waals surface area contributed by atoms with Gasteiger partial charge in [0.1, 0.15) is 0 Å². The fourth-order valence-electron chi connectivity index (χ4n) is 1.39. The van der Waals surface area contributed by atoms with E-state index in [2.05, 4.69) is 0 Å². The number of hydrogen-bond acceptors (Lipinski definition) is 3. The van der Waals surface area contributed by atoms with Gasteiger partial charge in [0, 0.05) is 0 Å². The van der Waals surface area contributed by atoms with E-state index < -0.39 is 14.6 Å². The van der Waals surface area contributed by atoms with E-state index in [1.54, 1.807) is 0 Å². The second kappa shape index (κ2) is 8.92. The molecule has 0 aromatic heterocycles. The van der Waals surface area contributed by atoms with Crippen molar-refractivity contribution in [3.63, 3.8) is 0 Å². The molecule has 88 valence electrons. The fourth-order valence-corrected chi connectivity index (χ4v) is 9.08. The molecule has 0 radical (unpaired) electrons. The van der Waals surface area contributed by atoms with Gasteiger partial charge in [-0.25, -0.2) is 0 Å². The Labute approximate surface area is 94.4 Å². The molecule has 0 aliphatic carbocycles. The molecular weight excluding hydrogens is 259 g/mol. The third-order valence-corrected chi connectivity index (χ3v) is 9.25. The van der Waals surface area contributed by atoms with Crippen LogP contribution in [0.5, 0.6) is 0 Å². The molecule has 0 unspecified atom stereocenters. The number of rotatable bonds is 9. The maximum absolute atomic E-state index is 5.77. The topological polar surface area (TPSA) is 27.7 Å². The van der Waals surface area contributed by atoms with Crippen molar-refractivity contribution in [3.8, 4) is 0 Å². The first-order valence-corrected chi connectivity index (χ1v) is 11.1. The molecule has 3 nitrogen and oxygen atoms in total. The first-order valence-electron chi connectivity index (χ1n) is 5.66. The first-order chi connectivity index (χ1) is 6.74. The van der Waals surface area contributed by atoms with Gasteiger partial charge in [-0.15, -0.1) is 0 Å². The average molecular weight is 284 g/mol. The van der Waals surface area contributed by atoms with Crippen LogP contribution in [0.2, 0.25) is 11.3 Å². The standard InChI is InChI=1S/C9H25AsO3Si/c1-4-11-10(12-5-2,13-6-3)8-7-9-14/h10H,4-9H2,1-3,14H3. The zero-order valence-corrected chi connectivity index (χ0v) is 14.1. The van der Waals surface area contributed by atoms with Crippen molar-refractivity contribution in [1.29, 1.82) is 0 Å². The molecule has 0 saturated heterocycles. The summed E-state index contributed by atoms with van der Waals surface area (Å²) in [5.74, 6) is 0. The van der Waals surface area contributed by atoms with Crippen LogP contribution < -0.4 is 0 Å². The molecule has 0 fully saturated rings. The summed E-state index contributed by atoms with van der Waals surface area (Å²) in [5.41, 5.74) is 0. The second-order valence-corrected chi connectivity index (χ2v) is 9.82. The zero-order chi connectivity index (χ0) is 10.9. The summed E-state index contributed by atoms with van der Waals surface area (Å²) in [6.45, 7) is 8.17. The summed E-state index contributed by atoms with van der Waals surface area (Å²) in [7, 11) is 1.26. The Balaban J connectivity index is 4.21. The Morgan fingerprint density at radius 1 is 0.929 bits per heavy atom. The SMILES string of the molecule is CCO[AsH](CCC[SiH3])(OCC)OCC. The molecule has 0 N–H and O–H groups in total. The van der Waals surface area contributed by atoms with E-state index in [1.807, 2.05) is 20.8 Å². The minimum absolute atomic E-state index is 0.709. The molecule has 0 aliphatic heterocycles. The van der Waals surface area contributed by atoms with Gasteiger partial charge in [0.2, 0.25) is 0 Å². The van der Waals surface area contributed by atoms with Crippen molar-refractivity contribution in [2.75, 3.05) is 19.8 Å². The summed E-state index contributed by atoms with van der Waals surface area (Å²) in [4.78, 5) is 0. The average Bonchev–Trinajstić information content (AvgIpc) is 2.16. The van der Waals surface area contributed by atoms with Crippen molar-refractivity contribution < 1.29 is 11.2 Å². The van der Waals surface area contributed by atoms with Crippen molar-refractivity contribution in [3.05, 3.63) is 0 Å². The van der Waals surface area contributed by atoms with Crippen LogP contribution in [0.3, 0.4) is 0 Å². The monoisotopic (exact) mass is 284 g/mol. The van der Waals surface area contributed by atoms with E-state index in [1.165, 1.54) is 22.7 Å². The molecule has 0 aliphatic rings. The summed E-state index contributed by atoms with van der Waals surface area (Å²) in [6.07, 6.45) is 1.20. The van der Waals surface area contributed by atoms with Gasteiger partial charge >= 0.3 is 94.3 Å². The van der Waals surface area contributed by atoms with E-state index in [4.69, 9.17) is 11.2 Å². The Bertz CT molecular complexity index is 118. The molecule has 0 atom stereocenters. The molecular formula is C9H25AsO3Si. The number of hydrogen-bond donors (Lipinski definition) is 0. The quantitative estimate of drug-likeness (QED) is 0.590. The molecule has 0 rings (SSSR count). The second-order valence-electron chi connectivity index (χ2n) is 3.09. The van der Waals surface area contributed by atoms with Crippen LogP contribution in [0.1, 0.15) is 27.2 Å². The van der Waals surface area contributed by atoms with Crippen molar-refractivity contribution in [1.82, 2.24) is 0 Å². The minimum atomic E-state index is -2.83. The molecule has 5 heteroatoms. The van der Waals surface area contributed by atoms with E-state index >= 15 is 0 Å². The predicted molar refractivity (Wildman–Crippen MR) is 66.2 cm³/mol. The van der Waals surface area contributed by atoms with Crippen LogP contribution >= 0.6 is 0 Å². The van der Waals surface area contributed by atoms with Gasteiger partial charge in [-0.3, -0.25) is 0 Å². The van der Waals surface area contributed by atoms with Crippen LogP contribution in [-0.2, 0) is 11.2 Å². The van der Waals surface area contributed by atoms with Crippen molar-refractivity contribution in [2.24, 2.45) is 0 Å². The van der Waals surface area contributed by atoms with E-state index in [-0.39, 0.29) is 0 Å². The van der Waals surface area contributed by atoms with Gasteiger partial charge < -0.3 is 0 Å². The van der Waals surface area contributed by atoms with Gasteiger partial charge in [0.25, 0.3) is 0 Å². The molecule has 0 aromatic carbocycles. The van der Waals surface area contributed by atoms with E-state index in [0.29, 0.717) is 19.8 Å². The zero-order valence-electron chi connectivity index (χ0n) is 9.97. The van der Waals surface area contributed by atoms with E-state index in [0.717, 1.165) is 5.21 Å². The van der Waals surface area contributed by atoms with Gasteiger partial charge in [-0.2, -0.15) is 0 Å². The normalized spacial score (nSPS) is 13.4. The van der Waals surface area contributed by atoms with Gasteiger partial charge in [-0.05, 0) is 0 Å². The summed E-state index contributed by atoms with van der Waals surface area (Å²) >= 11 is -2.83. The Morgan fingerprint density at radius 2 is 1.36 bits per heavy atom. The molecule has 0 aromatic rings. The van der Waals surface area contributed by atoms with Crippen molar-refractivity contribution >= 4 is 24.8 Å². The molecule has 14 heavy (non-hydrogen) atoms. The van der Waals surface area contributed by atoms with Gasteiger partial charge in [0.05, 0.1) is 0 Å². The maximum atomic E-state index is 5.77.